The van der Waals surface area contributed by atoms with Gasteiger partial charge in [0.25, 0.3) is 0 Å². The van der Waals surface area contributed by atoms with Gasteiger partial charge in [0.2, 0.25) is 12.6 Å². The summed E-state index contributed by atoms with van der Waals surface area (Å²) in [5.41, 5.74) is -1.02. The van der Waals surface area contributed by atoms with E-state index in [1.54, 1.807) is 31.2 Å². The molecule has 3 amide bonds. The van der Waals surface area contributed by atoms with Gasteiger partial charge in [-0.3, -0.25) is 9.69 Å². The summed E-state index contributed by atoms with van der Waals surface area (Å²) in [6, 6.07) is 8.36. The zero-order valence-corrected chi connectivity index (χ0v) is 24.9. The maximum Gasteiger partial charge on any atom is 0.547 e. The van der Waals surface area contributed by atoms with Crippen LogP contribution in [0.2, 0.25) is 0 Å². The fourth-order valence-electron chi connectivity index (χ4n) is 5.11. The lowest BCUT2D eigenvalue weighted by Crippen LogP contribution is -2.55. The van der Waals surface area contributed by atoms with Gasteiger partial charge in [0.15, 0.2) is 6.67 Å². The molecule has 2 aliphatic rings. The molecule has 0 radical (unpaired) electrons. The maximum atomic E-state index is 15.2. The number of hydrazone groups is 1. The van der Waals surface area contributed by atoms with Gasteiger partial charge in [-0.25, -0.2) is 28.1 Å². The number of carbonyl (C=O) groups is 3. The number of halogens is 2. The van der Waals surface area contributed by atoms with E-state index in [2.05, 4.69) is 32.3 Å². The Morgan fingerprint density at radius 2 is 1.89 bits per heavy atom. The van der Waals surface area contributed by atoms with Crippen molar-refractivity contribution in [3.63, 3.8) is 0 Å². The number of rotatable bonds is 12. The van der Waals surface area contributed by atoms with Gasteiger partial charge in [-0.1, -0.05) is 11.0 Å². The predicted molar refractivity (Wildman–Crippen MR) is 155 cm³/mol. The van der Waals surface area contributed by atoms with E-state index in [1.165, 1.54) is 37.6 Å². The summed E-state index contributed by atoms with van der Waals surface area (Å²) in [7, 11) is 0. The second kappa shape index (κ2) is 13.7. The van der Waals surface area contributed by atoms with E-state index in [-0.39, 0.29) is 57.7 Å². The number of hydrogen-bond acceptors (Lipinski definition) is 12. The van der Waals surface area contributed by atoms with Crippen molar-refractivity contribution in [2.24, 2.45) is 5.10 Å². The van der Waals surface area contributed by atoms with Crippen LogP contribution in [-0.2, 0) is 19.9 Å². The van der Waals surface area contributed by atoms with Crippen LogP contribution in [0.1, 0.15) is 19.4 Å². The van der Waals surface area contributed by atoms with Crippen LogP contribution in [0.3, 0.4) is 0 Å². The van der Waals surface area contributed by atoms with Crippen molar-refractivity contribution in [3.05, 3.63) is 66.0 Å². The molecule has 16 nitrogen and oxygen atoms in total. The molecule has 0 bridgehead atoms. The third kappa shape index (κ3) is 7.08. The van der Waals surface area contributed by atoms with Crippen LogP contribution in [0.25, 0.3) is 5.69 Å². The molecule has 1 fully saturated rings. The molecule has 1 aromatic heterocycles. The first kappa shape index (κ1) is 31.9. The summed E-state index contributed by atoms with van der Waals surface area (Å²) in [5, 5.41) is 31.1. The molecule has 18 heteroatoms. The number of carbonyl (C=O) groups excluding carboxylic acids is 3. The fourth-order valence-corrected chi connectivity index (χ4v) is 5.11. The molecule has 5 rings (SSSR count). The lowest BCUT2D eigenvalue weighted by atomic mass is 9.85. The summed E-state index contributed by atoms with van der Waals surface area (Å²) < 4.78 is 40.4. The van der Waals surface area contributed by atoms with Gasteiger partial charge >= 0.3 is 18.5 Å². The number of anilines is 1. The highest BCUT2D eigenvalue weighted by Crippen LogP contribution is 2.35. The molecule has 3 aromatic rings. The predicted octanol–water partition coefficient (Wildman–Crippen LogP) is 1.10. The number of aliphatic hydroxyl groups is 1. The SMILES string of the molecule is CC(=O)NCCOC(=O)OCN1[C+]=NN(C[C@@](O)(c2ccc(F)cc2F)[C@@H](C)N2CCN(c3ccc(-n4cnnn4)cc3)C2=O)C1. The first-order valence-corrected chi connectivity index (χ1v) is 14.1. The summed E-state index contributed by atoms with van der Waals surface area (Å²) >= 11 is 0. The Bertz CT molecular complexity index is 1580. The minimum atomic E-state index is -2.07. The van der Waals surface area contributed by atoms with Gasteiger partial charge in [-0.2, -0.15) is 0 Å². The van der Waals surface area contributed by atoms with E-state index in [1.807, 2.05) is 0 Å². The van der Waals surface area contributed by atoms with Crippen LogP contribution in [0.4, 0.5) is 24.1 Å². The normalized spacial score (nSPS) is 16.3. The van der Waals surface area contributed by atoms with Gasteiger partial charge in [0.05, 0.1) is 24.8 Å². The Morgan fingerprint density at radius 3 is 2.59 bits per heavy atom. The first-order chi connectivity index (χ1) is 22.0. The average molecular weight is 642 g/mol. The standard InChI is InChI=1S/C28H30F2N10O6/c1-19(38-10-11-39(26(38)42)22-4-6-23(7-5-22)40-15-32-34-35-40)28(44,24-8-3-21(29)13-25(24)30)14-37-17-36(16-33-37)18-46-27(43)45-12-9-31-20(2)41/h3-8,13,15,19,44H,9-12,14,17-18H2,1-2H3/p+1/t19-,28+/m1/s1. The third-order valence-electron chi connectivity index (χ3n) is 7.49. The zero-order chi connectivity index (χ0) is 32.8. The number of aromatic nitrogens is 4. The van der Waals surface area contributed by atoms with Gasteiger partial charge in [-0.15, -0.1) is 5.10 Å². The number of tetrazole rings is 1. The summed E-state index contributed by atoms with van der Waals surface area (Å²) in [5.74, 6) is -2.09. The van der Waals surface area contributed by atoms with E-state index in [9.17, 15) is 23.9 Å². The molecule has 2 aliphatic heterocycles. The molecule has 0 unspecified atom stereocenters. The van der Waals surface area contributed by atoms with Crippen molar-refractivity contribution in [1.82, 2.24) is 40.3 Å². The second-order valence-electron chi connectivity index (χ2n) is 10.5. The molecule has 46 heavy (non-hydrogen) atoms. The van der Waals surface area contributed by atoms with Crippen LogP contribution in [-0.4, -0.2) is 117 Å². The number of benzene rings is 2. The van der Waals surface area contributed by atoms with Crippen LogP contribution < -0.4 is 10.2 Å². The van der Waals surface area contributed by atoms with E-state index in [0.29, 0.717) is 17.4 Å². The molecule has 2 N–H and O–H groups in total. The number of amides is 3. The van der Waals surface area contributed by atoms with Crippen LogP contribution in [0.15, 0.2) is 53.9 Å². The summed E-state index contributed by atoms with van der Waals surface area (Å²) in [4.78, 5) is 40.7. The number of nitrogens with zero attached hydrogens (tertiary/aromatic N) is 9. The van der Waals surface area contributed by atoms with Crippen molar-refractivity contribution in [3.8, 4) is 5.69 Å². The Kier molecular flexibility index (Phi) is 9.48. The molecule has 0 aliphatic carbocycles. The van der Waals surface area contributed by atoms with Crippen molar-refractivity contribution >= 4 is 30.1 Å². The Labute approximate surface area is 261 Å². The highest BCUT2D eigenvalue weighted by molar-refractivity contribution is 5.94. The zero-order valence-electron chi connectivity index (χ0n) is 24.9. The number of ether oxygens (including phenoxy) is 2. The summed E-state index contributed by atoms with van der Waals surface area (Å²) in [6.07, 6.45) is 3.09. The second-order valence-corrected chi connectivity index (χ2v) is 10.5. The number of urea groups is 1. The Hall–Kier alpha value is -5.48. The average Bonchev–Trinajstić information content (AvgIpc) is 3.80. The fraction of sp³-hybridized carbons (Fsp3) is 0.393. The largest absolute Gasteiger partial charge is 0.547 e. The lowest BCUT2D eigenvalue weighted by Gasteiger charge is -2.40. The maximum absolute atomic E-state index is 15.2. The van der Waals surface area contributed by atoms with E-state index in [4.69, 9.17) is 9.47 Å². The van der Waals surface area contributed by atoms with E-state index in [0.717, 1.165) is 12.1 Å². The van der Waals surface area contributed by atoms with Gasteiger partial charge in [0, 0.05) is 37.3 Å². The summed E-state index contributed by atoms with van der Waals surface area (Å²) in [6.45, 7) is 2.78. The van der Waals surface area contributed by atoms with Gasteiger partial charge in [0.1, 0.15) is 35.3 Å². The van der Waals surface area contributed by atoms with Crippen molar-refractivity contribution in [2.45, 2.75) is 25.5 Å². The minimum absolute atomic E-state index is 0.0231. The minimum Gasteiger partial charge on any atom is -0.432 e. The monoisotopic (exact) mass is 641 g/mol. The van der Waals surface area contributed by atoms with Gasteiger partial charge in [-0.05, 0) is 47.7 Å². The molecular formula is C28H31F2N10O6+. The molecule has 1 saturated heterocycles. The molecule has 0 saturated carbocycles. The van der Waals surface area contributed by atoms with Crippen LogP contribution in [0.5, 0.6) is 0 Å². The van der Waals surface area contributed by atoms with Crippen molar-refractivity contribution < 1.29 is 37.7 Å². The highest BCUT2D eigenvalue weighted by atomic mass is 19.1. The smallest absolute Gasteiger partial charge is 0.432 e. The molecule has 0 spiro atoms. The topological polar surface area (TPSA) is 171 Å². The van der Waals surface area contributed by atoms with E-state index < -0.39 is 35.5 Å². The number of hydrogen-bond donors (Lipinski definition) is 2. The van der Waals surface area contributed by atoms with E-state index >= 15 is 4.39 Å². The number of nitrogens with one attached hydrogen (secondary N) is 1. The first-order valence-electron chi connectivity index (χ1n) is 14.1. The molecular weight excluding hydrogens is 610 g/mol. The van der Waals surface area contributed by atoms with Crippen molar-refractivity contribution in [1.29, 1.82) is 0 Å². The molecule has 3 heterocycles. The molecule has 2 atom stereocenters. The Balaban J connectivity index is 1.26. The lowest BCUT2D eigenvalue weighted by molar-refractivity contribution is -0.119. The number of β-amino-alcohol motifs (C(OH)–C–C–N with tert-alkyl or cyclic N) is 1. The Morgan fingerprint density at radius 1 is 1.13 bits per heavy atom. The van der Waals surface area contributed by atoms with Crippen molar-refractivity contribution in [2.75, 3.05) is 51.1 Å². The highest BCUT2D eigenvalue weighted by Gasteiger charge is 2.48. The van der Waals surface area contributed by atoms with Crippen LogP contribution >= 0.6 is 0 Å². The van der Waals surface area contributed by atoms with Crippen LogP contribution in [0, 0.1) is 11.6 Å². The quantitative estimate of drug-likeness (QED) is 0.165. The van der Waals surface area contributed by atoms with Gasteiger partial charge < -0.3 is 24.8 Å². The molecule has 2 aromatic carbocycles. The molecule has 242 valence electrons. The third-order valence-corrected chi connectivity index (χ3v) is 7.49.